The molecule has 0 bridgehead atoms. The predicted octanol–water partition coefficient (Wildman–Crippen LogP) is 4.52. The molecule has 1 aromatic carbocycles. The third kappa shape index (κ3) is 3.00. The Bertz CT molecular complexity index is 435. The lowest BCUT2D eigenvalue weighted by atomic mass is 10.3. The van der Waals surface area contributed by atoms with Crippen LogP contribution in [0.15, 0.2) is 22.4 Å². The topological polar surface area (TPSA) is 29.1 Å². The van der Waals surface area contributed by atoms with Crippen LogP contribution in [0.5, 0.6) is 0 Å². The lowest BCUT2D eigenvalue weighted by Gasteiger charge is -2.00. The predicted molar refractivity (Wildman–Crippen MR) is 57.3 cm³/mol. The molecule has 0 N–H and O–H groups in total. The van der Waals surface area contributed by atoms with Crippen LogP contribution in [0.2, 0.25) is 5.02 Å². The van der Waals surface area contributed by atoms with Gasteiger partial charge < -0.3 is 0 Å². The number of azo groups is 1. The molecule has 0 atom stereocenters. The standard InChI is InChI=1S/C10H9ClFN3/c1-6(2)14-15-10-4-7(11)9(13-3)5-8(10)12/h4-6H,1-2H3. The SMILES string of the molecule is [C-]#[N+]c1cc(F)c(N=NC(C)C)cc1Cl. The van der Waals surface area contributed by atoms with E-state index in [0.717, 1.165) is 6.07 Å². The minimum absolute atomic E-state index is 0.0104. The Morgan fingerprint density at radius 2 is 2.13 bits per heavy atom. The molecule has 1 rings (SSSR count). The maximum atomic E-state index is 13.3. The molecule has 5 heteroatoms. The molecule has 3 nitrogen and oxygen atoms in total. The van der Waals surface area contributed by atoms with Gasteiger partial charge in [-0.15, -0.1) is 0 Å². The highest BCUT2D eigenvalue weighted by atomic mass is 35.5. The van der Waals surface area contributed by atoms with Gasteiger partial charge >= 0.3 is 0 Å². The van der Waals surface area contributed by atoms with Gasteiger partial charge in [0.15, 0.2) is 0 Å². The van der Waals surface area contributed by atoms with Gasteiger partial charge in [-0.2, -0.15) is 10.2 Å². The minimum Gasteiger partial charge on any atom is -0.236 e. The molecule has 78 valence electrons. The molecule has 0 amide bonds. The van der Waals surface area contributed by atoms with Crippen molar-refractivity contribution in [3.05, 3.63) is 34.4 Å². The summed E-state index contributed by atoms with van der Waals surface area (Å²) in [7, 11) is 0. The largest absolute Gasteiger partial charge is 0.236 e. The molecule has 0 fully saturated rings. The van der Waals surface area contributed by atoms with Gasteiger partial charge in [0.1, 0.15) is 11.5 Å². The zero-order valence-corrected chi connectivity index (χ0v) is 9.09. The van der Waals surface area contributed by atoms with Crippen molar-refractivity contribution in [2.75, 3.05) is 0 Å². The van der Waals surface area contributed by atoms with E-state index in [9.17, 15) is 4.39 Å². The molecule has 15 heavy (non-hydrogen) atoms. The van der Waals surface area contributed by atoms with Gasteiger partial charge in [0.2, 0.25) is 5.69 Å². The van der Waals surface area contributed by atoms with Crippen LogP contribution in [0.1, 0.15) is 13.8 Å². The molecule has 0 saturated carbocycles. The van der Waals surface area contributed by atoms with Crippen molar-refractivity contribution < 1.29 is 4.39 Å². The molecule has 0 heterocycles. The van der Waals surface area contributed by atoms with Crippen LogP contribution in [0.25, 0.3) is 4.85 Å². The normalized spacial score (nSPS) is 10.9. The van der Waals surface area contributed by atoms with Crippen molar-refractivity contribution in [3.63, 3.8) is 0 Å². The highest BCUT2D eigenvalue weighted by Crippen LogP contribution is 2.32. The first-order chi connectivity index (χ1) is 7.04. The molecule has 0 saturated heterocycles. The van der Waals surface area contributed by atoms with Crippen molar-refractivity contribution in [1.29, 1.82) is 0 Å². The van der Waals surface area contributed by atoms with E-state index in [2.05, 4.69) is 15.1 Å². The lowest BCUT2D eigenvalue weighted by Crippen LogP contribution is -1.85. The number of benzene rings is 1. The minimum atomic E-state index is -0.588. The Hall–Kier alpha value is -1.47. The molecular formula is C10H9ClFN3. The van der Waals surface area contributed by atoms with Gasteiger partial charge in [0.05, 0.1) is 12.6 Å². The molecular weight excluding hydrogens is 217 g/mol. The van der Waals surface area contributed by atoms with Gasteiger partial charge in [-0.1, -0.05) is 11.6 Å². The number of hydrogen-bond donors (Lipinski definition) is 0. The van der Waals surface area contributed by atoms with Crippen molar-refractivity contribution >= 4 is 23.0 Å². The number of hydrogen-bond acceptors (Lipinski definition) is 2. The monoisotopic (exact) mass is 225 g/mol. The Labute approximate surface area is 92.4 Å². The Balaban J connectivity index is 3.12. The molecule has 0 aliphatic carbocycles. The Morgan fingerprint density at radius 3 is 2.67 bits per heavy atom. The maximum Gasteiger partial charge on any atom is 0.208 e. The van der Waals surface area contributed by atoms with Gasteiger partial charge in [0, 0.05) is 5.02 Å². The van der Waals surface area contributed by atoms with Gasteiger partial charge in [-0.25, -0.2) is 9.24 Å². The second-order valence-corrected chi connectivity index (χ2v) is 3.58. The van der Waals surface area contributed by atoms with E-state index in [1.54, 1.807) is 0 Å². The van der Waals surface area contributed by atoms with Gasteiger partial charge in [-0.3, -0.25) is 0 Å². The maximum absolute atomic E-state index is 13.3. The molecule has 0 radical (unpaired) electrons. The smallest absolute Gasteiger partial charge is 0.208 e. The molecule has 1 aromatic rings. The van der Waals surface area contributed by atoms with Gasteiger partial charge in [0.25, 0.3) is 0 Å². The summed E-state index contributed by atoms with van der Waals surface area (Å²) in [5.41, 5.74) is 0.138. The number of nitrogens with zero attached hydrogens (tertiary/aromatic N) is 3. The first kappa shape index (κ1) is 11.6. The van der Waals surface area contributed by atoms with Crippen LogP contribution in [0, 0.1) is 12.4 Å². The zero-order chi connectivity index (χ0) is 11.4. The lowest BCUT2D eigenvalue weighted by molar-refractivity contribution is 0.626. The summed E-state index contributed by atoms with van der Waals surface area (Å²) < 4.78 is 13.3. The summed E-state index contributed by atoms with van der Waals surface area (Å²) in [5.74, 6) is -0.588. The first-order valence-electron chi connectivity index (χ1n) is 4.32. The van der Waals surface area contributed by atoms with Crippen molar-refractivity contribution in [3.8, 4) is 0 Å². The fraction of sp³-hybridized carbons (Fsp3) is 0.300. The van der Waals surface area contributed by atoms with E-state index in [4.69, 9.17) is 18.2 Å². The molecule has 0 aliphatic rings. The van der Waals surface area contributed by atoms with Crippen molar-refractivity contribution in [2.45, 2.75) is 19.9 Å². The summed E-state index contributed by atoms with van der Waals surface area (Å²) >= 11 is 5.73. The highest BCUT2D eigenvalue weighted by Gasteiger charge is 2.07. The second-order valence-electron chi connectivity index (χ2n) is 3.18. The average molecular weight is 226 g/mol. The van der Waals surface area contributed by atoms with E-state index in [1.165, 1.54) is 6.07 Å². The van der Waals surface area contributed by atoms with Crippen LogP contribution in [-0.4, -0.2) is 6.04 Å². The second kappa shape index (κ2) is 4.85. The van der Waals surface area contributed by atoms with Crippen LogP contribution in [0.4, 0.5) is 15.8 Å². The zero-order valence-electron chi connectivity index (χ0n) is 8.33. The van der Waals surface area contributed by atoms with Crippen LogP contribution < -0.4 is 0 Å². The van der Waals surface area contributed by atoms with Crippen LogP contribution in [-0.2, 0) is 0 Å². The summed E-state index contributed by atoms with van der Waals surface area (Å²) in [6.45, 7) is 10.4. The fourth-order valence-electron chi connectivity index (χ4n) is 0.866. The number of halogens is 2. The van der Waals surface area contributed by atoms with Gasteiger partial charge in [-0.05, 0) is 26.0 Å². The highest BCUT2D eigenvalue weighted by molar-refractivity contribution is 6.33. The number of rotatable bonds is 2. The fourth-order valence-corrected chi connectivity index (χ4v) is 1.07. The quantitative estimate of drug-likeness (QED) is 0.523. The van der Waals surface area contributed by atoms with Crippen molar-refractivity contribution in [1.82, 2.24) is 0 Å². The van der Waals surface area contributed by atoms with E-state index in [1.807, 2.05) is 13.8 Å². The summed E-state index contributed by atoms with van der Waals surface area (Å²) in [6.07, 6.45) is 0. The Morgan fingerprint density at radius 1 is 1.47 bits per heavy atom. The summed E-state index contributed by atoms with van der Waals surface area (Å²) in [4.78, 5) is 3.07. The van der Waals surface area contributed by atoms with E-state index >= 15 is 0 Å². The van der Waals surface area contributed by atoms with E-state index < -0.39 is 5.82 Å². The average Bonchev–Trinajstić information content (AvgIpc) is 2.18. The van der Waals surface area contributed by atoms with E-state index in [0.29, 0.717) is 0 Å². The van der Waals surface area contributed by atoms with Crippen molar-refractivity contribution in [2.24, 2.45) is 10.2 Å². The van der Waals surface area contributed by atoms with Crippen LogP contribution in [0.3, 0.4) is 0 Å². The summed E-state index contributed by atoms with van der Waals surface area (Å²) in [5, 5.41) is 7.69. The van der Waals surface area contributed by atoms with Crippen LogP contribution >= 0.6 is 11.6 Å². The first-order valence-corrected chi connectivity index (χ1v) is 4.69. The Kier molecular flexibility index (Phi) is 3.75. The third-order valence-electron chi connectivity index (χ3n) is 1.53. The van der Waals surface area contributed by atoms with E-state index in [-0.39, 0.29) is 22.4 Å². The molecule has 0 aromatic heterocycles. The third-order valence-corrected chi connectivity index (χ3v) is 1.84. The molecule has 0 aliphatic heterocycles. The molecule has 0 spiro atoms. The molecule has 0 unspecified atom stereocenters. The summed E-state index contributed by atoms with van der Waals surface area (Å²) in [6, 6.07) is 2.35.